The Morgan fingerprint density at radius 3 is 2.26 bits per heavy atom. The van der Waals surface area contributed by atoms with Crippen LogP contribution in [0.3, 0.4) is 0 Å². The van der Waals surface area contributed by atoms with Crippen molar-refractivity contribution in [1.82, 2.24) is 4.90 Å². The monoisotopic (exact) mass is 267 g/mol. The molecule has 4 nitrogen and oxygen atoms in total. The molecule has 0 bridgehead atoms. The maximum atomic E-state index is 12.5. The second-order valence-electron chi connectivity index (χ2n) is 6.13. The number of carboxylic acids is 1. The van der Waals surface area contributed by atoms with E-state index in [2.05, 4.69) is 6.92 Å². The summed E-state index contributed by atoms with van der Waals surface area (Å²) in [7, 11) is 0. The van der Waals surface area contributed by atoms with Gasteiger partial charge in [0, 0.05) is 18.5 Å². The molecule has 0 radical (unpaired) electrons. The number of rotatable bonds is 3. The van der Waals surface area contributed by atoms with Crippen molar-refractivity contribution in [2.24, 2.45) is 17.8 Å². The van der Waals surface area contributed by atoms with Gasteiger partial charge in [-0.3, -0.25) is 9.59 Å². The van der Waals surface area contributed by atoms with Gasteiger partial charge in [0.05, 0.1) is 5.92 Å². The van der Waals surface area contributed by atoms with E-state index < -0.39 is 5.97 Å². The van der Waals surface area contributed by atoms with Crippen molar-refractivity contribution >= 4 is 11.9 Å². The maximum absolute atomic E-state index is 12.5. The predicted octanol–water partition coefficient (Wildman–Crippen LogP) is 2.52. The van der Waals surface area contributed by atoms with E-state index in [0.29, 0.717) is 13.0 Å². The number of hydrogen-bond acceptors (Lipinski definition) is 2. The van der Waals surface area contributed by atoms with Crippen LogP contribution in [0.5, 0.6) is 0 Å². The van der Waals surface area contributed by atoms with Gasteiger partial charge in [-0.1, -0.05) is 13.3 Å². The largest absolute Gasteiger partial charge is 0.481 e. The Balaban J connectivity index is 1.92. The SMILES string of the molecule is CCC1CCC(C(=O)N2CCC(C(=O)O)C2C)CC1. The Kier molecular flexibility index (Phi) is 4.48. The lowest BCUT2D eigenvalue weighted by Gasteiger charge is -2.32. The first-order valence-corrected chi connectivity index (χ1v) is 7.57. The second kappa shape index (κ2) is 5.93. The summed E-state index contributed by atoms with van der Waals surface area (Å²) in [6, 6.07) is -0.145. The lowest BCUT2D eigenvalue weighted by Crippen LogP contribution is -2.42. The van der Waals surface area contributed by atoms with Crippen molar-refractivity contribution in [3.05, 3.63) is 0 Å². The normalized spacial score (nSPS) is 35.4. The molecule has 0 aromatic carbocycles. The molecular weight excluding hydrogens is 242 g/mol. The van der Waals surface area contributed by atoms with Crippen molar-refractivity contribution in [2.45, 2.75) is 58.4 Å². The molecule has 1 aliphatic heterocycles. The van der Waals surface area contributed by atoms with E-state index in [1.807, 2.05) is 11.8 Å². The summed E-state index contributed by atoms with van der Waals surface area (Å²) in [6.07, 6.45) is 6.08. The van der Waals surface area contributed by atoms with Crippen molar-refractivity contribution in [1.29, 1.82) is 0 Å². The number of likely N-dealkylation sites (tertiary alicyclic amines) is 1. The topological polar surface area (TPSA) is 57.6 Å². The zero-order chi connectivity index (χ0) is 14.0. The van der Waals surface area contributed by atoms with Gasteiger partial charge in [-0.15, -0.1) is 0 Å². The summed E-state index contributed by atoms with van der Waals surface area (Å²) in [6.45, 7) is 4.71. The van der Waals surface area contributed by atoms with Gasteiger partial charge in [0.1, 0.15) is 0 Å². The number of carbonyl (C=O) groups excluding carboxylic acids is 1. The molecule has 1 aliphatic carbocycles. The van der Waals surface area contributed by atoms with E-state index in [0.717, 1.165) is 31.6 Å². The zero-order valence-electron chi connectivity index (χ0n) is 12.0. The van der Waals surface area contributed by atoms with Crippen LogP contribution in [0, 0.1) is 17.8 Å². The molecule has 4 heteroatoms. The Labute approximate surface area is 115 Å². The second-order valence-corrected chi connectivity index (χ2v) is 6.13. The zero-order valence-corrected chi connectivity index (χ0v) is 12.0. The van der Waals surface area contributed by atoms with E-state index >= 15 is 0 Å². The maximum Gasteiger partial charge on any atom is 0.308 e. The molecule has 0 spiro atoms. The molecule has 2 aliphatic rings. The van der Waals surface area contributed by atoms with Gasteiger partial charge >= 0.3 is 5.97 Å². The van der Waals surface area contributed by atoms with E-state index in [4.69, 9.17) is 5.11 Å². The smallest absolute Gasteiger partial charge is 0.308 e. The molecule has 2 unspecified atom stereocenters. The van der Waals surface area contributed by atoms with Crippen LogP contribution in [-0.2, 0) is 9.59 Å². The van der Waals surface area contributed by atoms with Crippen molar-refractivity contribution in [2.75, 3.05) is 6.54 Å². The number of carboxylic acid groups (broad SMARTS) is 1. The fourth-order valence-electron chi connectivity index (χ4n) is 3.63. The molecule has 1 saturated heterocycles. The van der Waals surface area contributed by atoms with Crippen molar-refractivity contribution in [3.63, 3.8) is 0 Å². The minimum Gasteiger partial charge on any atom is -0.481 e. The molecular formula is C15H25NO3. The van der Waals surface area contributed by atoms with Crippen molar-refractivity contribution < 1.29 is 14.7 Å². The standard InChI is InChI=1S/C15H25NO3/c1-3-11-4-6-12(7-5-11)14(17)16-9-8-13(10(16)2)15(18)19/h10-13H,3-9H2,1-2H3,(H,18,19). The summed E-state index contributed by atoms with van der Waals surface area (Å²) >= 11 is 0. The summed E-state index contributed by atoms with van der Waals surface area (Å²) in [5, 5.41) is 9.12. The lowest BCUT2D eigenvalue weighted by atomic mass is 9.80. The third-order valence-corrected chi connectivity index (χ3v) is 5.13. The van der Waals surface area contributed by atoms with Crippen LogP contribution < -0.4 is 0 Å². The summed E-state index contributed by atoms with van der Waals surface area (Å²) in [4.78, 5) is 25.4. The Morgan fingerprint density at radius 1 is 1.16 bits per heavy atom. The molecule has 2 atom stereocenters. The van der Waals surface area contributed by atoms with E-state index in [1.54, 1.807) is 0 Å². The quantitative estimate of drug-likeness (QED) is 0.854. The molecule has 2 rings (SSSR count). The van der Waals surface area contributed by atoms with Crippen LogP contribution in [-0.4, -0.2) is 34.5 Å². The highest BCUT2D eigenvalue weighted by molar-refractivity contribution is 5.81. The van der Waals surface area contributed by atoms with Gasteiger partial charge in [-0.2, -0.15) is 0 Å². The number of aliphatic carboxylic acids is 1. The molecule has 0 aromatic heterocycles. The summed E-state index contributed by atoms with van der Waals surface area (Å²) in [5.74, 6) is -0.0242. The number of nitrogens with zero attached hydrogens (tertiary/aromatic N) is 1. The molecule has 1 saturated carbocycles. The first-order chi connectivity index (χ1) is 9.04. The van der Waals surface area contributed by atoms with Gasteiger partial charge in [-0.25, -0.2) is 0 Å². The summed E-state index contributed by atoms with van der Waals surface area (Å²) < 4.78 is 0. The van der Waals surface area contributed by atoms with Gasteiger partial charge in [0.15, 0.2) is 0 Å². The fourth-order valence-corrected chi connectivity index (χ4v) is 3.63. The molecule has 108 valence electrons. The van der Waals surface area contributed by atoms with Crippen LogP contribution in [0.1, 0.15) is 52.4 Å². The van der Waals surface area contributed by atoms with Crippen LogP contribution >= 0.6 is 0 Å². The first kappa shape index (κ1) is 14.4. The third-order valence-electron chi connectivity index (χ3n) is 5.13. The number of amides is 1. The first-order valence-electron chi connectivity index (χ1n) is 7.57. The van der Waals surface area contributed by atoms with E-state index in [-0.39, 0.29) is 23.8 Å². The fraction of sp³-hybridized carbons (Fsp3) is 0.867. The third kappa shape index (κ3) is 2.93. The molecule has 0 aromatic rings. The Hall–Kier alpha value is -1.06. The summed E-state index contributed by atoms with van der Waals surface area (Å²) in [5.41, 5.74) is 0. The van der Waals surface area contributed by atoms with E-state index in [1.165, 1.54) is 6.42 Å². The van der Waals surface area contributed by atoms with Gasteiger partial charge in [-0.05, 0) is 44.9 Å². The highest BCUT2D eigenvalue weighted by Crippen LogP contribution is 2.34. The Morgan fingerprint density at radius 2 is 1.79 bits per heavy atom. The number of carbonyl (C=O) groups is 2. The Bertz CT molecular complexity index is 347. The average molecular weight is 267 g/mol. The molecule has 1 N–H and O–H groups in total. The highest BCUT2D eigenvalue weighted by Gasteiger charge is 2.40. The van der Waals surface area contributed by atoms with Gasteiger partial charge in [0.25, 0.3) is 0 Å². The minimum absolute atomic E-state index is 0.137. The van der Waals surface area contributed by atoms with Gasteiger partial charge in [0.2, 0.25) is 5.91 Å². The van der Waals surface area contributed by atoms with Crippen LogP contribution in [0.25, 0.3) is 0 Å². The molecule has 1 amide bonds. The molecule has 2 fully saturated rings. The highest BCUT2D eigenvalue weighted by atomic mass is 16.4. The van der Waals surface area contributed by atoms with Crippen LogP contribution in [0.2, 0.25) is 0 Å². The van der Waals surface area contributed by atoms with Crippen LogP contribution in [0.15, 0.2) is 0 Å². The molecule has 19 heavy (non-hydrogen) atoms. The molecule has 1 heterocycles. The lowest BCUT2D eigenvalue weighted by molar-refractivity contribution is -0.143. The number of hydrogen-bond donors (Lipinski definition) is 1. The van der Waals surface area contributed by atoms with Gasteiger partial charge < -0.3 is 10.0 Å². The minimum atomic E-state index is -0.766. The van der Waals surface area contributed by atoms with Crippen LogP contribution in [0.4, 0.5) is 0 Å². The van der Waals surface area contributed by atoms with E-state index in [9.17, 15) is 9.59 Å². The van der Waals surface area contributed by atoms with Crippen molar-refractivity contribution in [3.8, 4) is 0 Å². The average Bonchev–Trinajstić information content (AvgIpc) is 2.80. The predicted molar refractivity (Wildman–Crippen MR) is 72.7 cm³/mol.